The molecule has 4 bridgehead atoms. The molecule has 0 aromatic carbocycles. The van der Waals surface area contributed by atoms with Crippen molar-refractivity contribution in [2.24, 2.45) is 11.3 Å². The fraction of sp³-hybridized carbons (Fsp3) is 0.786. The zero-order valence-corrected chi connectivity index (χ0v) is 12.5. The van der Waals surface area contributed by atoms with Crippen LogP contribution in [0.3, 0.4) is 0 Å². The van der Waals surface area contributed by atoms with Gasteiger partial charge in [-0.25, -0.2) is 0 Å². The van der Waals surface area contributed by atoms with Gasteiger partial charge in [-0.3, -0.25) is 0 Å². The van der Waals surface area contributed by atoms with E-state index in [0.717, 1.165) is 11.7 Å². The number of thiocarbonyl (C=S) groups is 1. The molecule has 4 aliphatic heterocycles. The summed E-state index contributed by atoms with van der Waals surface area (Å²) < 4.78 is 0. The van der Waals surface area contributed by atoms with Crippen LogP contribution in [0, 0.1) is 11.3 Å². The first-order valence-corrected chi connectivity index (χ1v) is 7.61. The molecule has 0 amide bonds. The highest BCUT2D eigenvalue weighted by Gasteiger charge is 2.51. The van der Waals surface area contributed by atoms with E-state index in [2.05, 4.69) is 33.9 Å². The van der Waals surface area contributed by atoms with Gasteiger partial charge in [0.1, 0.15) is 0 Å². The summed E-state index contributed by atoms with van der Waals surface area (Å²) in [5.41, 5.74) is 0.317. The fourth-order valence-corrected chi connectivity index (χ4v) is 4.38. The van der Waals surface area contributed by atoms with Crippen molar-refractivity contribution in [1.29, 1.82) is 0 Å². The maximum absolute atomic E-state index is 5.41. The van der Waals surface area contributed by atoms with Gasteiger partial charge in [0.2, 0.25) is 0 Å². The summed E-state index contributed by atoms with van der Waals surface area (Å²) in [6, 6.07) is 0.503. The second-order valence-electron chi connectivity index (χ2n) is 6.51. The summed E-state index contributed by atoms with van der Waals surface area (Å²) in [6.07, 6.45) is 1.84. The van der Waals surface area contributed by atoms with Gasteiger partial charge >= 0.3 is 0 Å². The van der Waals surface area contributed by atoms with E-state index in [0.29, 0.717) is 17.4 Å². The van der Waals surface area contributed by atoms with Crippen LogP contribution in [0.25, 0.3) is 0 Å². The largest absolute Gasteiger partial charge is 0.359 e. The van der Waals surface area contributed by atoms with Gasteiger partial charge in [0, 0.05) is 63.2 Å². The molecule has 0 aliphatic carbocycles. The van der Waals surface area contributed by atoms with Crippen molar-refractivity contribution in [2.45, 2.75) is 13.0 Å². The monoisotopic (exact) mass is 280 g/mol. The van der Waals surface area contributed by atoms with Gasteiger partial charge in [0.15, 0.2) is 5.11 Å². The number of fused-ring (bicyclic) bond motifs is 1. The predicted molar refractivity (Wildman–Crippen MR) is 82.2 cm³/mol. The lowest BCUT2D eigenvalue weighted by molar-refractivity contribution is -0.0124. The molecule has 2 unspecified atom stereocenters. The number of rotatable bonds is 3. The molecule has 0 radical (unpaired) electrons. The quantitative estimate of drug-likeness (QED) is 0.572. The van der Waals surface area contributed by atoms with Crippen molar-refractivity contribution < 1.29 is 0 Å². The standard InChI is InChI=1S/C14H24N4S/c1-3-4-15-13(19)16-12-11-7-17-5-6-18(8-11)10-14(12,2)9-17/h3,11-12H,1,4-10H2,2H3,(H2,15,16,19)/t11?,12-,14?/m0/s1. The number of hydrogen-bond acceptors (Lipinski definition) is 3. The molecular formula is C14H24N4S. The third kappa shape index (κ3) is 2.51. The average Bonchev–Trinajstić information content (AvgIpc) is 2.59. The lowest BCUT2D eigenvalue weighted by Crippen LogP contribution is -2.68. The maximum Gasteiger partial charge on any atom is 0.166 e. The maximum atomic E-state index is 5.41. The smallest absolute Gasteiger partial charge is 0.166 e. The number of hydrogen-bond donors (Lipinski definition) is 2. The number of piperidine rings is 2. The van der Waals surface area contributed by atoms with E-state index in [1.54, 1.807) is 0 Å². The molecule has 4 heterocycles. The zero-order chi connectivity index (χ0) is 13.5. The van der Waals surface area contributed by atoms with Crippen molar-refractivity contribution in [3.63, 3.8) is 0 Å². The third-order valence-corrected chi connectivity index (χ3v) is 5.07. The molecule has 19 heavy (non-hydrogen) atoms. The van der Waals surface area contributed by atoms with Gasteiger partial charge < -0.3 is 20.4 Å². The second-order valence-corrected chi connectivity index (χ2v) is 6.91. The molecule has 3 atom stereocenters. The summed E-state index contributed by atoms with van der Waals surface area (Å²) in [5.74, 6) is 0.693. The summed E-state index contributed by atoms with van der Waals surface area (Å²) in [4.78, 5) is 5.27. The Balaban J connectivity index is 1.72. The molecule has 0 spiro atoms. The highest BCUT2D eigenvalue weighted by molar-refractivity contribution is 7.80. The molecule has 0 aromatic heterocycles. The minimum Gasteiger partial charge on any atom is -0.359 e. The topological polar surface area (TPSA) is 30.5 Å². The molecule has 0 saturated carbocycles. The second kappa shape index (κ2) is 5.04. The Kier molecular flexibility index (Phi) is 3.53. The van der Waals surface area contributed by atoms with E-state index < -0.39 is 0 Å². The van der Waals surface area contributed by atoms with Crippen LogP contribution in [0.4, 0.5) is 0 Å². The van der Waals surface area contributed by atoms with Crippen LogP contribution in [0.15, 0.2) is 12.7 Å². The molecule has 4 saturated heterocycles. The zero-order valence-electron chi connectivity index (χ0n) is 11.7. The molecule has 106 valence electrons. The highest BCUT2D eigenvalue weighted by atomic mass is 32.1. The lowest BCUT2D eigenvalue weighted by Gasteiger charge is -2.54. The van der Waals surface area contributed by atoms with Crippen LogP contribution in [-0.4, -0.2) is 66.8 Å². The van der Waals surface area contributed by atoms with Crippen LogP contribution in [-0.2, 0) is 0 Å². The SMILES string of the molecule is C=CCNC(=S)N[C@H]1C2CN3CCN(C2)CC1(C)C3. The summed E-state index contributed by atoms with van der Waals surface area (Å²) in [5, 5.41) is 7.56. The van der Waals surface area contributed by atoms with Crippen LogP contribution in [0.2, 0.25) is 0 Å². The summed E-state index contributed by atoms with van der Waals surface area (Å²) >= 11 is 5.41. The molecule has 5 heteroatoms. The minimum atomic E-state index is 0.317. The van der Waals surface area contributed by atoms with E-state index >= 15 is 0 Å². The van der Waals surface area contributed by atoms with Crippen LogP contribution < -0.4 is 10.6 Å². The van der Waals surface area contributed by atoms with Gasteiger partial charge in [0.25, 0.3) is 0 Å². The Morgan fingerprint density at radius 2 is 2.00 bits per heavy atom. The minimum absolute atomic E-state index is 0.317. The highest BCUT2D eigenvalue weighted by Crippen LogP contribution is 2.40. The molecule has 2 N–H and O–H groups in total. The Labute approximate surface area is 121 Å². The van der Waals surface area contributed by atoms with E-state index in [1.165, 1.54) is 39.3 Å². The predicted octanol–water partition coefficient (Wildman–Crippen LogP) is 0.272. The van der Waals surface area contributed by atoms with E-state index in [-0.39, 0.29) is 0 Å². The van der Waals surface area contributed by atoms with Crippen LogP contribution >= 0.6 is 12.2 Å². The Morgan fingerprint density at radius 3 is 2.53 bits per heavy atom. The van der Waals surface area contributed by atoms with Crippen molar-refractivity contribution in [1.82, 2.24) is 20.4 Å². The van der Waals surface area contributed by atoms with Crippen molar-refractivity contribution in [3.8, 4) is 0 Å². The first-order valence-electron chi connectivity index (χ1n) is 7.21. The van der Waals surface area contributed by atoms with E-state index in [1.807, 2.05) is 6.08 Å². The molecule has 4 aliphatic rings. The Morgan fingerprint density at radius 1 is 1.37 bits per heavy atom. The van der Waals surface area contributed by atoms with E-state index in [9.17, 15) is 0 Å². The normalized spacial score (nSPS) is 43.6. The Hall–Kier alpha value is -0.650. The number of nitrogens with zero attached hydrogens (tertiary/aromatic N) is 2. The first-order chi connectivity index (χ1) is 9.10. The fourth-order valence-electron chi connectivity index (χ4n) is 4.17. The van der Waals surface area contributed by atoms with Crippen molar-refractivity contribution >= 4 is 17.3 Å². The third-order valence-electron chi connectivity index (χ3n) is 4.80. The van der Waals surface area contributed by atoms with Gasteiger partial charge in [-0.05, 0) is 12.2 Å². The molecule has 4 rings (SSSR count). The van der Waals surface area contributed by atoms with Gasteiger partial charge in [-0.1, -0.05) is 13.0 Å². The van der Waals surface area contributed by atoms with E-state index in [4.69, 9.17) is 12.2 Å². The van der Waals surface area contributed by atoms with Crippen molar-refractivity contribution in [2.75, 3.05) is 45.8 Å². The average molecular weight is 280 g/mol. The molecule has 4 fully saturated rings. The summed E-state index contributed by atoms with van der Waals surface area (Å²) in [6.45, 7) is 14.2. The van der Waals surface area contributed by atoms with Gasteiger partial charge in [-0.15, -0.1) is 6.58 Å². The molecule has 4 nitrogen and oxygen atoms in total. The molecular weight excluding hydrogens is 256 g/mol. The van der Waals surface area contributed by atoms with Crippen molar-refractivity contribution in [3.05, 3.63) is 12.7 Å². The van der Waals surface area contributed by atoms with Gasteiger partial charge in [0.05, 0.1) is 0 Å². The van der Waals surface area contributed by atoms with Crippen LogP contribution in [0.1, 0.15) is 6.92 Å². The Bertz CT molecular complexity index is 368. The summed E-state index contributed by atoms with van der Waals surface area (Å²) in [7, 11) is 0. The molecule has 0 aromatic rings. The van der Waals surface area contributed by atoms with Gasteiger partial charge in [-0.2, -0.15) is 0 Å². The first kappa shape index (κ1) is 13.3. The van der Waals surface area contributed by atoms with Crippen LogP contribution in [0.5, 0.6) is 0 Å². The lowest BCUT2D eigenvalue weighted by atomic mass is 9.69. The number of nitrogens with one attached hydrogen (secondary N) is 2.